The number of sulfonamides is 1. The van der Waals surface area contributed by atoms with E-state index in [0.29, 0.717) is 19.5 Å². The average Bonchev–Trinajstić information content (AvgIpc) is 3.03. The smallest absolute Gasteiger partial charge is 0.338 e. The van der Waals surface area contributed by atoms with Gasteiger partial charge in [0.15, 0.2) is 16.4 Å². The topological polar surface area (TPSA) is 127 Å². The van der Waals surface area contributed by atoms with Crippen LogP contribution in [0.1, 0.15) is 37.0 Å². The predicted octanol–water partition coefficient (Wildman–Crippen LogP) is 0.813. The first-order valence-corrected chi connectivity index (χ1v) is 13.5. The van der Waals surface area contributed by atoms with E-state index in [4.69, 9.17) is 4.74 Å². The van der Waals surface area contributed by atoms with Gasteiger partial charge in [-0.2, -0.15) is 4.31 Å². The van der Waals surface area contributed by atoms with Crippen LogP contribution in [0, 0.1) is 11.8 Å². The molecular formula is C20H28N2O7S2. The van der Waals surface area contributed by atoms with Gasteiger partial charge in [-0.15, -0.1) is 0 Å². The van der Waals surface area contributed by atoms with Crippen molar-refractivity contribution in [1.82, 2.24) is 9.62 Å². The molecule has 3 atom stereocenters. The number of esters is 1. The molecule has 2 fully saturated rings. The third-order valence-corrected chi connectivity index (χ3v) is 9.11. The van der Waals surface area contributed by atoms with E-state index in [0.717, 1.165) is 6.42 Å². The Bertz CT molecular complexity index is 1030. The number of ether oxygens (including phenoxy) is 1. The van der Waals surface area contributed by atoms with Crippen LogP contribution in [0.5, 0.6) is 0 Å². The molecule has 2 saturated heterocycles. The Morgan fingerprint density at radius 1 is 1.13 bits per heavy atom. The minimum Gasteiger partial charge on any atom is -0.452 e. The first-order valence-electron chi connectivity index (χ1n) is 10.2. The Kier molecular flexibility index (Phi) is 7.07. The van der Waals surface area contributed by atoms with Gasteiger partial charge in [-0.1, -0.05) is 13.8 Å². The van der Waals surface area contributed by atoms with E-state index in [1.807, 2.05) is 13.8 Å². The number of benzene rings is 1. The van der Waals surface area contributed by atoms with E-state index in [1.165, 1.54) is 28.6 Å². The number of carbonyl (C=O) groups excluding carboxylic acids is 2. The number of hydrogen-bond acceptors (Lipinski definition) is 7. The summed E-state index contributed by atoms with van der Waals surface area (Å²) in [6, 6.07) is 4.96. The third kappa shape index (κ3) is 6.05. The summed E-state index contributed by atoms with van der Waals surface area (Å²) in [7, 11) is -6.77. The van der Waals surface area contributed by atoms with Crippen molar-refractivity contribution >= 4 is 31.7 Å². The van der Waals surface area contributed by atoms with Gasteiger partial charge in [-0.3, -0.25) is 4.79 Å². The molecule has 0 saturated carbocycles. The standard InChI is InChI=1S/C20H28N2O7S2/c1-14-9-15(2)11-22(10-14)31(27,28)18-5-3-16(4-6-18)20(24)29-12-19(23)21-17-7-8-30(25,26)13-17/h3-6,14-15,17H,7-13H2,1-2H3,(H,21,23)/t14-,15-,17-/m1/s1. The van der Waals surface area contributed by atoms with Gasteiger partial charge in [0.05, 0.1) is 22.0 Å². The minimum absolute atomic E-state index is 0.0300. The molecule has 172 valence electrons. The highest BCUT2D eigenvalue weighted by Gasteiger charge is 2.32. The zero-order valence-electron chi connectivity index (χ0n) is 17.6. The molecule has 0 bridgehead atoms. The van der Waals surface area contributed by atoms with Crippen molar-refractivity contribution in [1.29, 1.82) is 0 Å². The normalized spacial score (nSPS) is 26.3. The Hall–Kier alpha value is -1.98. The van der Waals surface area contributed by atoms with Gasteiger partial charge in [-0.25, -0.2) is 21.6 Å². The summed E-state index contributed by atoms with van der Waals surface area (Å²) in [5.74, 6) is -0.868. The van der Waals surface area contributed by atoms with Crippen LogP contribution >= 0.6 is 0 Å². The molecular weight excluding hydrogens is 444 g/mol. The van der Waals surface area contributed by atoms with Gasteiger partial charge >= 0.3 is 5.97 Å². The van der Waals surface area contributed by atoms with Gasteiger partial charge in [0.2, 0.25) is 10.0 Å². The van der Waals surface area contributed by atoms with Gasteiger partial charge in [0.1, 0.15) is 0 Å². The molecule has 0 unspecified atom stereocenters. The van der Waals surface area contributed by atoms with E-state index in [2.05, 4.69) is 5.32 Å². The van der Waals surface area contributed by atoms with Crippen LogP contribution in [0.2, 0.25) is 0 Å². The molecule has 0 radical (unpaired) electrons. The van der Waals surface area contributed by atoms with Crippen molar-refractivity contribution in [2.75, 3.05) is 31.2 Å². The average molecular weight is 473 g/mol. The second-order valence-corrected chi connectivity index (χ2v) is 12.7. The lowest BCUT2D eigenvalue weighted by molar-refractivity contribution is -0.124. The number of hydrogen-bond donors (Lipinski definition) is 1. The second kappa shape index (κ2) is 9.25. The summed E-state index contributed by atoms with van der Waals surface area (Å²) >= 11 is 0. The molecule has 1 amide bonds. The lowest BCUT2D eigenvalue weighted by atomic mass is 9.94. The maximum atomic E-state index is 12.9. The SMILES string of the molecule is C[C@@H]1C[C@@H](C)CN(S(=O)(=O)c2ccc(C(=O)OCC(=O)N[C@@H]3CCS(=O)(=O)C3)cc2)C1. The fourth-order valence-corrected chi connectivity index (χ4v) is 7.46. The zero-order chi connectivity index (χ0) is 22.8. The lowest BCUT2D eigenvalue weighted by Crippen LogP contribution is -2.42. The van der Waals surface area contributed by atoms with Gasteiger partial charge in [0.25, 0.3) is 5.91 Å². The Morgan fingerprint density at radius 3 is 2.29 bits per heavy atom. The second-order valence-electron chi connectivity index (χ2n) is 8.54. The van der Waals surface area contributed by atoms with Crippen molar-refractivity contribution < 1.29 is 31.2 Å². The molecule has 0 spiro atoms. The molecule has 1 aromatic rings. The summed E-state index contributed by atoms with van der Waals surface area (Å²) in [5.41, 5.74) is 0.121. The number of amides is 1. The number of nitrogens with zero attached hydrogens (tertiary/aromatic N) is 1. The molecule has 1 aromatic carbocycles. The van der Waals surface area contributed by atoms with E-state index in [-0.39, 0.29) is 33.8 Å². The molecule has 9 nitrogen and oxygen atoms in total. The predicted molar refractivity (Wildman–Crippen MR) is 114 cm³/mol. The zero-order valence-corrected chi connectivity index (χ0v) is 19.2. The highest BCUT2D eigenvalue weighted by molar-refractivity contribution is 7.91. The van der Waals surface area contributed by atoms with Gasteiger partial charge in [0, 0.05) is 19.1 Å². The highest BCUT2D eigenvalue weighted by Crippen LogP contribution is 2.26. The molecule has 31 heavy (non-hydrogen) atoms. The molecule has 1 N–H and O–H groups in total. The van der Waals surface area contributed by atoms with Crippen LogP contribution in [0.15, 0.2) is 29.2 Å². The number of sulfone groups is 1. The Morgan fingerprint density at radius 2 is 1.74 bits per heavy atom. The Labute approximate surface area is 183 Å². The molecule has 2 heterocycles. The monoisotopic (exact) mass is 472 g/mol. The molecule has 2 aliphatic heterocycles. The highest BCUT2D eigenvalue weighted by atomic mass is 32.2. The fourth-order valence-electron chi connectivity index (χ4n) is 4.11. The van der Waals surface area contributed by atoms with Crippen molar-refractivity contribution in [2.24, 2.45) is 11.8 Å². The van der Waals surface area contributed by atoms with Crippen LogP contribution < -0.4 is 5.32 Å². The largest absolute Gasteiger partial charge is 0.452 e. The number of rotatable bonds is 6. The summed E-state index contributed by atoms with van der Waals surface area (Å²) in [6.07, 6.45) is 1.33. The van der Waals surface area contributed by atoms with E-state index < -0.39 is 44.4 Å². The molecule has 3 rings (SSSR count). The molecule has 0 aliphatic carbocycles. The van der Waals surface area contributed by atoms with E-state index in [9.17, 15) is 26.4 Å². The van der Waals surface area contributed by atoms with Crippen LogP contribution in [0.3, 0.4) is 0 Å². The van der Waals surface area contributed by atoms with Crippen molar-refractivity contribution in [3.05, 3.63) is 29.8 Å². The van der Waals surface area contributed by atoms with Crippen LogP contribution in [0.25, 0.3) is 0 Å². The molecule has 0 aromatic heterocycles. The lowest BCUT2D eigenvalue weighted by Gasteiger charge is -2.34. The van der Waals surface area contributed by atoms with Gasteiger partial charge < -0.3 is 10.1 Å². The fraction of sp³-hybridized carbons (Fsp3) is 0.600. The summed E-state index contributed by atoms with van der Waals surface area (Å²) < 4.78 is 55.1. The first-order chi connectivity index (χ1) is 14.5. The van der Waals surface area contributed by atoms with E-state index >= 15 is 0 Å². The van der Waals surface area contributed by atoms with Crippen LogP contribution in [-0.4, -0.2) is 70.3 Å². The van der Waals surface area contributed by atoms with Crippen molar-refractivity contribution in [3.8, 4) is 0 Å². The van der Waals surface area contributed by atoms with Crippen molar-refractivity contribution in [2.45, 2.75) is 37.6 Å². The maximum Gasteiger partial charge on any atom is 0.338 e. The number of piperidine rings is 1. The molecule has 2 aliphatic rings. The Balaban J connectivity index is 1.55. The van der Waals surface area contributed by atoms with Crippen LogP contribution in [0.4, 0.5) is 0 Å². The van der Waals surface area contributed by atoms with Crippen LogP contribution in [-0.2, 0) is 29.4 Å². The summed E-state index contributed by atoms with van der Waals surface area (Å²) in [6.45, 7) is 4.44. The number of nitrogens with one attached hydrogen (secondary N) is 1. The first kappa shape index (κ1) is 23.7. The van der Waals surface area contributed by atoms with E-state index in [1.54, 1.807) is 0 Å². The van der Waals surface area contributed by atoms with Gasteiger partial charge in [-0.05, 0) is 48.9 Å². The third-order valence-electron chi connectivity index (χ3n) is 5.50. The van der Waals surface area contributed by atoms with Crippen molar-refractivity contribution in [3.63, 3.8) is 0 Å². The number of carbonyl (C=O) groups is 2. The molecule has 11 heteroatoms. The summed E-state index contributed by atoms with van der Waals surface area (Å²) in [5, 5.41) is 2.53. The minimum atomic E-state index is -3.65. The maximum absolute atomic E-state index is 12.9. The summed E-state index contributed by atoms with van der Waals surface area (Å²) in [4.78, 5) is 24.2. The quantitative estimate of drug-likeness (QED) is 0.607.